The van der Waals surface area contributed by atoms with Gasteiger partial charge in [0.1, 0.15) is 0 Å². The summed E-state index contributed by atoms with van der Waals surface area (Å²) in [5.74, 6) is 0.612. The molecule has 0 aromatic carbocycles. The fraction of sp³-hybridized carbons (Fsp3) is 0.867. The lowest BCUT2D eigenvalue weighted by Crippen LogP contribution is -2.32. The molecule has 3 heteroatoms. The Hall–Kier alpha value is -0.0500. The number of rotatable bonds is 5. The third-order valence-electron chi connectivity index (χ3n) is 4.40. The third-order valence-corrected chi connectivity index (χ3v) is 4.80. The highest BCUT2D eigenvalue weighted by Gasteiger charge is 2.41. The molecule has 2 N–H and O–H groups in total. The number of hydrogen-bond acceptors (Lipinski definition) is 2. The summed E-state index contributed by atoms with van der Waals surface area (Å²) in [7, 11) is 0. The van der Waals surface area contributed by atoms with E-state index in [2.05, 4.69) is 32.2 Å². The minimum absolute atomic E-state index is 0.234. The van der Waals surface area contributed by atoms with Gasteiger partial charge in [0.2, 0.25) is 0 Å². The Kier molecular flexibility index (Phi) is 4.40. The van der Waals surface area contributed by atoms with Crippen molar-refractivity contribution in [2.75, 3.05) is 6.54 Å². The Morgan fingerprint density at radius 1 is 1.56 bits per heavy atom. The second-order valence-electron chi connectivity index (χ2n) is 6.61. The van der Waals surface area contributed by atoms with Gasteiger partial charge in [0.15, 0.2) is 0 Å². The molecule has 0 amide bonds. The van der Waals surface area contributed by atoms with Crippen LogP contribution in [0, 0.1) is 11.8 Å². The number of nitrogens with one attached hydrogen (secondary N) is 1. The van der Waals surface area contributed by atoms with Gasteiger partial charge in [-0.05, 0) is 38.5 Å². The van der Waals surface area contributed by atoms with Crippen molar-refractivity contribution < 1.29 is 5.11 Å². The smallest absolute Gasteiger partial charge is 0.0629 e. The largest absolute Gasteiger partial charge is 0.392 e. The van der Waals surface area contributed by atoms with Crippen LogP contribution in [-0.4, -0.2) is 28.7 Å². The van der Waals surface area contributed by atoms with Crippen molar-refractivity contribution in [1.82, 2.24) is 5.32 Å². The monoisotopic (exact) mass is 271 g/mol. The number of aliphatic hydroxyl groups is 1. The molecule has 3 unspecified atom stereocenters. The maximum absolute atomic E-state index is 10.5. The standard InChI is InChI=1S/C15H26ClNO/c1-10(2)14(18)13(8-15(3)9-17-15)11-4-6-12(16)7-5-11/h4,10,12-14,17-18H,5-9H2,1-3H3/t12?,13-,14?,15?/m0/s1. The summed E-state index contributed by atoms with van der Waals surface area (Å²) in [6, 6.07) is 0. The first-order chi connectivity index (χ1) is 8.41. The predicted molar refractivity (Wildman–Crippen MR) is 76.9 cm³/mol. The van der Waals surface area contributed by atoms with E-state index in [9.17, 15) is 5.11 Å². The quantitative estimate of drug-likeness (QED) is 0.458. The minimum atomic E-state index is -0.234. The van der Waals surface area contributed by atoms with Gasteiger partial charge in [0.25, 0.3) is 0 Å². The zero-order valence-electron chi connectivity index (χ0n) is 11.7. The highest BCUT2D eigenvalue weighted by atomic mass is 35.5. The lowest BCUT2D eigenvalue weighted by atomic mass is 9.77. The van der Waals surface area contributed by atoms with E-state index in [1.165, 1.54) is 5.57 Å². The first-order valence-corrected chi connectivity index (χ1v) is 7.61. The Labute approximate surface area is 116 Å². The van der Waals surface area contributed by atoms with E-state index in [1.807, 2.05) is 0 Å². The number of halogens is 1. The van der Waals surface area contributed by atoms with Crippen molar-refractivity contribution in [1.29, 1.82) is 0 Å². The Morgan fingerprint density at radius 2 is 2.22 bits per heavy atom. The van der Waals surface area contributed by atoms with E-state index in [4.69, 9.17) is 11.6 Å². The van der Waals surface area contributed by atoms with E-state index >= 15 is 0 Å². The summed E-state index contributed by atoms with van der Waals surface area (Å²) >= 11 is 6.15. The molecule has 0 radical (unpaired) electrons. The van der Waals surface area contributed by atoms with Gasteiger partial charge in [0.05, 0.1) is 6.10 Å². The molecule has 2 aliphatic rings. The summed E-state index contributed by atoms with van der Waals surface area (Å²) < 4.78 is 0. The molecular weight excluding hydrogens is 246 g/mol. The Morgan fingerprint density at radius 3 is 2.67 bits per heavy atom. The molecular formula is C15H26ClNO. The van der Waals surface area contributed by atoms with Crippen LogP contribution in [0.25, 0.3) is 0 Å². The Balaban J connectivity index is 2.08. The number of aliphatic hydroxyl groups excluding tert-OH is 1. The second-order valence-corrected chi connectivity index (χ2v) is 7.23. The van der Waals surface area contributed by atoms with Gasteiger partial charge < -0.3 is 10.4 Å². The van der Waals surface area contributed by atoms with Crippen LogP contribution < -0.4 is 5.32 Å². The number of allylic oxidation sites excluding steroid dienone is 1. The van der Waals surface area contributed by atoms with Crippen molar-refractivity contribution in [2.24, 2.45) is 11.8 Å². The fourth-order valence-corrected chi connectivity index (χ4v) is 3.07. The van der Waals surface area contributed by atoms with Crippen molar-refractivity contribution in [2.45, 2.75) is 63.5 Å². The predicted octanol–water partition coefficient (Wildman–Crippen LogP) is 3.09. The van der Waals surface area contributed by atoms with Crippen molar-refractivity contribution >= 4 is 11.6 Å². The number of alkyl halides is 1. The molecule has 1 fully saturated rings. The molecule has 4 atom stereocenters. The molecule has 1 aliphatic carbocycles. The zero-order valence-corrected chi connectivity index (χ0v) is 12.5. The highest BCUT2D eigenvalue weighted by Crippen LogP contribution is 2.37. The van der Waals surface area contributed by atoms with Gasteiger partial charge in [-0.25, -0.2) is 0 Å². The van der Waals surface area contributed by atoms with Gasteiger partial charge in [-0.1, -0.05) is 25.5 Å². The summed E-state index contributed by atoms with van der Waals surface area (Å²) in [5, 5.41) is 14.2. The van der Waals surface area contributed by atoms with Crippen molar-refractivity contribution in [3.05, 3.63) is 11.6 Å². The minimum Gasteiger partial charge on any atom is -0.392 e. The maximum atomic E-state index is 10.5. The van der Waals surface area contributed by atoms with Gasteiger partial charge in [0, 0.05) is 23.4 Å². The summed E-state index contributed by atoms with van der Waals surface area (Å²) in [5.41, 5.74) is 1.68. The van der Waals surface area contributed by atoms with Crippen LogP contribution in [-0.2, 0) is 0 Å². The molecule has 1 saturated heterocycles. The first-order valence-electron chi connectivity index (χ1n) is 7.17. The third kappa shape index (κ3) is 3.49. The van der Waals surface area contributed by atoms with Crippen LogP contribution in [0.3, 0.4) is 0 Å². The molecule has 1 aliphatic heterocycles. The van der Waals surface area contributed by atoms with Gasteiger partial charge in [-0.15, -0.1) is 11.6 Å². The lowest BCUT2D eigenvalue weighted by Gasteiger charge is -2.32. The fourth-order valence-electron chi connectivity index (χ4n) is 2.88. The molecule has 0 aromatic heterocycles. The van der Waals surface area contributed by atoms with Crippen LogP contribution >= 0.6 is 11.6 Å². The molecule has 0 aromatic rings. The second kappa shape index (κ2) is 5.52. The lowest BCUT2D eigenvalue weighted by molar-refractivity contribution is 0.0697. The van der Waals surface area contributed by atoms with E-state index in [1.54, 1.807) is 0 Å². The normalized spacial score (nSPS) is 35.2. The van der Waals surface area contributed by atoms with Crippen LogP contribution in [0.15, 0.2) is 11.6 Å². The van der Waals surface area contributed by atoms with Gasteiger partial charge in [-0.2, -0.15) is 0 Å². The average molecular weight is 272 g/mol. The topological polar surface area (TPSA) is 42.2 Å². The van der Waals surface area contributed by atoms with E-state index in [0.29, 0.717) is 17.2 Å². The zero-order chi connectivity index (χ0) is 13.3. The maximum Gasteiger partial charge on any atom is 0.0629 e. The van der Waals surface area contributed by atoms with E-state index in [-0.39, 0.29) is 11.6 Å². The van der Waals surface area contributed by atoms with Crippen LogP contribution in [0.1, 0.15) is 46.5 Å². The molecule has 0 bridgehead atoms. The summed E-state index contributed by atoms with van der Waals surface area (Å²) in [6.45, 7) is 7.54. The molecule has 0 saturated carbocycles. The van der Waals surface area contributed by atoms with Crippen LogP contribution in [0.2, 0.25) is 0 Å². The van der Waals surface area contributed by atoms with Crippen molar-refractivity contribution in [3.8, 4) is 0 Å². The molecule has 104 valence electrons. The molecule has 0 spiro atoms. The van der Waals surface area contributed by atoms with Crippen LogP contribution in [0.4, 0.5) is 0 Å². The highest BCUT2D eigenvalue weighted by molar-refractivity contribution is 6.20. The summed E-state index contributed by atoms with van der Waals surface area (Å²) in [6.07, 6.45) is 6.16. The van der Waals surface area contributed by atoms with Crippen molar-refractivity contribution in [3.63, 3.8) is 0 Å². The first kappa shape index (κ1) is 14.4. The van der Waals surface area contributed by atoms with E-state index < -0.39 is 0 Å². The molecule has 2 nitrogen and oxygen atoms in total. The SMILES string of the molecule is CC(C)C(O)[C@@H](CC1(C)CN1)C1=CCC(Cl)CC1. The number of hydrogen-bond donors (Lipinski definition) is 2. The van der Waals surface area contributed by atoms with Gasteiger partial charge >= 0.3 is 0 Å². The Bertz CT molecular complexity index is 322. The molecule has 1 heterocycles. The summed E-state index contributed by atoms with van der Waals surface area (Å²) in [4.78, 5) is 0. The average Bonchev–Trinajstić information content (AvgIpc) is 3.05. The van der Waals surface area contributed by atoms with E-state index in [0.717, 1.165) is 32.2 Å². The molecule has 2 rings (SSSR count). The van der Waals surface area contributed by atoms with Gasteiger partial charge in [-0.3, -0.25) is 0 Å². The molecule has 18 heavy (non-hydrogen) atoms. The van der Waals surface area contributed by atoms with Crippen LogP contribution in [0.5, 0.6) is 0 Å².